The van der Waals surface area contributed by atoms with Gasteiger partial charge in [0, 0.05) is 24.1 Å². The molecule has 3 rings (SSSR count). The SMILES string of the molecule is COc1ccc(C(=O)C2CC3CCCC(C2)N3C)c(F)c1. The summed E-state index contributed by atoms with van der Waals surface area (Å²) < 4.78 is 19.1. The van der Waals surface area contributed by atoms with Crippen LogP contribution in [0.25, 0.3) is 0 Å². The van der Waals surface area contributed by atoms with Gasteiger partial charge in [-0.3, -0.25) is 4.79 Å². The van der Waals surface area contributed by atoms with E-state index in [0.29, 0.717) is 17.8 Å². The first kappa shape index (κ1) is 14.5. The number of fused-ring (bicyclic) bond motifs is 2. The van der Waals surface area contributed by atoms with Gasteiger partial charge >= 0.3 is 0 Å². The minimum Gasteiger partial charge on any atom is -0.497 e. The van der Waals surface area contributed by atoms with Gasteiger partial charge in [0.15, 0.2) is 5.78 Å². The normalized spacial score (nSPS) is 29.2. The van der Waals surface area contributed by atoms with E-state index in [-0.39, 0.29) is 17.3 Å². The van der Waals surface area contributed by atoms with Crippen LogP contribution in [0, 0.1) is 11.7 Å². The van der Waals surface area contributed by atoms with E-state index in [4.69, 9.17) is 4.74 Å². The highest BCUT2D eigenvalue weighted by atomic mass is 19.1. The van der Waals surface area contributed by atoms with E-state index < -0.39 is 5.82 Å². The van der Waals surface area contributed by atoms with Gasteiger partial charge in [-0.25, -0.2) is 4.39 Å². The summed E-state index contributed by atoms with van der Waals surface area (Å²) in [6.07, 6.45) is 5.27. The van der Waals surface area contributed by atoms with Crippen LogP contribution in [0.5, 0.6) is 5.75 Å². The molecule has 2 bridgehead atoms. The van der Waals surface area contributed by atoms with Gasteiger partial charge in [0.2, 0.25) is 0 Å². The van der Waals surface area contributed by atoms with Crippen LogP contribution in [-0.2, 0) is 0 Å². The third kappa shape index (κ3) is 2.69. The maximum Gasteiger partial charge on any atom is 0.169 e. The van der Waals surface area contributed by atoms with Crippen molar-refractivity contribution in [3.05, 3.63) is 29.6 Å². The number of halogens is 1. The molecule has 2 aliphatic heterocycles. The van der Waals surface area contributed by atoms with Crippen LogP contribution in [0.2, 0.25) is 0 Å². The minimum atomic E-state index is -0.469. The zero-order valence-corrected chi connectivity index (χ0v) is 12.6. The highest BCUT2D eigenvalue weighted by Gasteiger charge is 2.39. The molecule has 21 heavy (non-hydrogen) atoms. The van der Waals surface area contributed by atoms with Gasteiger partial charge in [-0.2, -0.15) is 0 Å². The van der Waals surface area contributed by atoms with Crippen molar-refractivity contribution in [3.8, 4) is 5.75 Å². The van der Waals surface area contributed by atoms with Crippen molar-refractivity contribution in [1.82, 2.24) is 4.90 Å². The first-order chi connectivity index (χ1) is 10.1. The number of carbonyl (C=O) groups excluding carboxylic acids is 1. The molecule has 2 aliphatic rings. The molecule has 2 heterocycles. The molecule has 4 heteroatoms. The average Bonchev–Trinajstić information content (AvgIpc) is 2.46. The molecule has 2 unspecified atom stereocenters. The number of hydrogen-bond acceptors (Lipinski definition) is 3. The third-order valence-corrected chi connectivity index (χ3v) is 5.15. The molecule has 0 aliphatic carbocycles. The van der Waals surface area contributed by atoms with Gasteiger partial charge in [0.25, 0.3) is 0 Å². The zero-order chi connectivity index (χ0) is 15.0. The van der Waals surface area contributed by atoms with Crippen molar-refractivity contribution in [2.24, 2.45) is 5.92 Å². The van der Waals surface area contributed by atoms with E-state index in [1.165, 1.54) is 19.6 Å². The predicted octanol–water partition coefficient (Wildman–Crippen LogP) is 3.28. The molecule has 2 saturated heterocycles. The summed E-state index contributed by atoms with van der Waals surface area (Å²) in [5, 5.41) is 0. The molecule has 0 radical (unpaired) electrons. The van der Waals surface area contributed by atoms with Crippen LogP contribution in [0.15, 0.2) is 18.2 Å². The van der Waals surface area contributed by atoms with E-state index in [1.807, 2.05) is 0 Å². The van der Waals surface area contributed by atoms with E-state index >= 15 is 0 Å². The predicted molar refractivity (Wildman–Crippen MR) is 79.2 cm³/mol. The monoisotopic (exact) mass is 291 g/mol. The Morgan fingerprint density at radius 2 is 1.95 bits per heavy atom. The van der Waals surface area contributed by atoms with Crippen LogP contribution in [0.3, 0.4) is 0 Å². The molecule has 0 amide bonds. The number of carbonyl (C=O) groups is 1. The van der Waals surface area contributed by atoms with Crippen LogP contribution in [-0.4, -0.2) is 36.9 Å². The number of piperidine rings is 2. The smallest absolute Gasteiger partial charge is 0.169 e. The second-order valence-electron chi connectivity index (χ2n) is 6.28. The molecule has 3 nitrogen and oxygen atoms in total. The van der Waals surface area contributed by atoms with Crippen molar-refractivity contribution in [2.45, 2.75) is 44.2 Å². The number of rotatable bonds is 3. The fraction of sp³-hybridized carbons (Fsp3) is 0.588. The topological polar surface area (TPSA) is 29.5 Å². The fourth-order valence-electron chi connectivity index (χ4n) is 3.87. The molecule has 2 fully saturated rings. The van der Waals surface area contributed by atoms with Crippen LogP contribution < -0.4 is 4.74 Å². The number of nitrogens with zero attached hydrogens (tertiary/aromatic N) is 1. The standard InChI is InChI=1S/C17H22FNO2/c1-19-12-4-3-5-13(19)9-11(8-12)17(20)15-7-6-14(21-2)10-16(15)18/h6-7,10-13H,3-5,8-9H2,1-2H3. The Hall–Kier alpha value is -1.42. The maximum absolute atomic E-state index is 14.1. The third-order valence-electron chi connectivity index (χ3n) is 5.15. The van der Waals surface area contributed by atoms with Crippen molar-refractivity contribution in [1.29, 1.82) is 0 Å². The summed E-state index contributed by atoms with van der Waals surface area (Å²) in [7, 11) is 3.65. The largest absolute Gasteiger partial charge is 0.497 e. The molecular formula is C17H22FNO2. The number of ether oxygens (including phenoxy) is 1. The highest BCUT2D eigenvalue weighted by molar-refractivity contribution is 5.98. The number of Topliss-reactive ketones (excluding diaryl/α,β-unsaturated/α-hetero) is 1. The highest BCUT2D eigenvalue weighted by Crippen LogP contribution is 2.37. The lowest BCUT2D eigenvalue weighted by atomic mass is 9.76. The Balaban J connectivity index is 1.79. The van der Waals surface area contributed by atoms with E-state index in [0.717, 1.165) is 25.7 Å². The molecular weight excluding hydrogens is 269 g/mol. The lowest BCUT2D eigenvalue weighted by Gasteiger charge is -2.46. The van der Waals surface area contributed by atoms with Gasteiger partial charge in [0.05, 0.1) is 12.7 Å². The second kappa shape index (κ2) is 5.76. The van der Waals surface area contributed by atoms with Crippen LogP contribution >= 0.6 is 0 Å². The summed E-state index contributed by atoms with van der Waals surface area (Å²) in [6, 6.07) is 5.47. The first-order valence-electron chi connectivity index (χ1n) is 7.70. The molecule has 0 saturated carbocycles. The van der Waals surface area contributed by atoms with Crippen molar-refractivity contribution in [3.63, 3.8) is 0 Å². The molecule has 114 valence electrons. The van der Waals surface area contributed by atoms with E-state index in [9.17, 15) is 9.18 Å². The summed E-state index contributed by atoms with van der Waals surface area (Å²) in [5.74, 6) is -0.104. The Morgan fingerprint density at radius 3 is 2.52 bits per heavy atom. The van der Waals surface area contributed by atoms with Gasteiger partial charge in [-0.1, -0.05) is 6.42 Å². The molecule has 2 atom stereocenters. The number of methoxy groups -OCH3 is 1. The second-order valence-corrected chi connectivity index (χ2v) is 6.28. The summed E-state index contributed by atoms with van der Waals surface area (Å²) in [6.45, 7) is 0. The summed E-state index contributed by atoms with van der Waals surface area (Å²) in [5.41, 5.74) is 0.212. The molecule has 1 aromatic carbocycles. The van der Waals surface area contributed by atoms with Crippen molar-refractivity contribution >= 4 is 5.78 Å². The van der Waals surface area contributed by atoms with Gasteiger partial charge in [0.1, 0.15) is 11.6 Å². The average molecular weight is 291 g/mol. The molecule has 0 aromatic heterocycles. The number of benzene rings is 1. The lowest BCUT2D eigenvalue weighted by Crippen LogP contribution is -2.51. The van der Waals surface area contributed by atoms with Gasteiger partial charge < -0.3 is 9.64 Å². The Labute approximate surface area is 125 Å². The molecule has 0 spiro atoms. The molecule has 0 N–H and O–H groups in total. The van der Waals surface area contributed by atoms with E-state index in [2.05, 4.69) is 11.9 Å². The van der Waals surface area contributed by atoms with Crippen molar-refractivity contribution in [2.75, 3.05) is 14.2 Å². The van der Waals surface area contributed by atoms with Crippen molar-refractivity contribution < 1.29 is 13.9 Å². The van der Waals surface area contributed by atoms with E-state index in [1.54, 1.807) is 12.1 Å². The Bertz CT molecular complexity index is 532. The van der Waals surface area contributed by atoms with Crippen LogP contribution in [0.1, 0.15) is 42.5 Å². The summed E-state index contributed by atoms with van der Waals surface area (Å²) in [4.78, 5) is 15.1. The maximum atomic E-state index is 14.1. The number of ketones is 1. The first-order valence-corrected chi connectivity index (χ1v) is 7.70. The lowest BCUT2D eigenvalue weighted by molar-refractivity contribution is 0.0337. The zero-order valence-electron chi connectivity index (χ0n) is 12.6. The number of hydrogen-bond donors (Lipinski definition) is 0. The Morgan fingerprint density at radius 1 is 1.29 bits per heavy atom. The quantitative estimate of drug-likeness (QED) is 0.800. The van der Waals surface area contributed by atoms with Gasteiger partial charge in [-0.05, 0) is 44.9 Å². The molecule has 1 aromatic rings. The minimum absolute atomic E-state index is 0.0415. The summed E-state index contributed by atoms with van der Waals surface area (Å²) >= 11 is 0. The van der Waals surface area contributed by atoms with Gasteiger partial charge in [-0.15, -0.1) is 0 Å². The van der Waals surface area contributed by atoms with Crippen LogP contribution in [0.4, 0.5) is 4.39 Å². The Kier molecular flexibility index (Phi) is 3.98. The fourth-order valence-corrected chi connectivity index (χ4v) is 3.87.